The van der Waals surface area contributed by atoms with Crippen molar-refractivity contribution < 1.29 is 4.48 Å². The zero-order valence-corrected chi connectivity index (χ0v) is 15.2. The lowest BCUT2D eigenvalue weighted by Gasteiger charge is -2.34. The second kappa shape index (κ2) is 12.5. The van der Waals surface area contributed by atoms with Gasteiger partial charge in [-0.05, 0) is 25.7 Å². The van der Waals surface area contributed by atoms with E-state index in [-0.39, 0.29) is 0 Å². The van der Waals surface area contributed by atoms with Gasteiger partial charge in [0.05, 0.1) is 26.2 Å². The average Bonchev–Trinajstić information content (AvgIpc) is 2.95. The lowest BCUT2D eigenvalue weighted by Crippen LogP contribution is -2.46. The largest absolute Gasteiger partial charge is 0.324 e. The fraction of sp³-hybridized carbons (Fsp3) is 1.00. The van der Waals surface area contributed by atoms with Crippen LogP contribution in [0.2, 0.25) is 0 Å². The van der Waals surface area contributed by atoms with Crippen molar-refractivity contribution in [2.75, 3.05) is 26.2 Å². The Morgan fingerprint density at radius 3 is 1.43 bits per heavy atom. The monoisotopic (exact) mass is 296 g/mol. The summed E-state index contributed by atoms with van der Waals surface area (Å²) in [5, 5.41) is 0. The van der Waals surface area contributed by atoms with Gasteiger partial charge >= 0.3 is 0 Å². The molecule has 1 heteroatoms. The van der Waals surface area contributed by atoms with E-state index in [1.165, 1.54) is 121 Å². The molecule has 0 atom stereocenters. The number of quaternary nitrogens is 1. The Kier molecular flexibility index (Phi) is 11.3. The van der Waals surface area contributed by atoms with Crippen LogP contribution in [0.25, 0.3) is 0 Å². The van der Waals surface area contributed by atoms with E-state index in [4.69, 9.17) is 0 Å². The van der Waals surface area contributed by atoms with E-state index >= 15 is 0 Å². The van der Waals surface area contributed by atoms with Crippen LogP contribution in [0.1, 0.15) is 104 Å². The van der Waals surface area contributed by atoms with Gasteiger partial charge in [0.2, 0.25) is 0 Å². The van der Waals surface area contributed by atoms with Gasteiger partial charge in [0.1, 0.15) is 0 Å². The smallest absolute Gasteiger partial charge is 0.0788 e. The predicted molar refractivity (Wildman–Crippen MR) is 95.7 cm³/mol. The molecule has 0 amide bonds. The molecular weight excluding hydrogens is 254 g/mol. The summed E-state index contributed by atoms with van der Waals surface area (Å²) in [4.78, 5) is 0. The fourth-order valence-electron chi connectivity index (χ4n) is 4.02. The molecule has 1 rings (SSSR count). The van der Waals surface area contributed by atoms with Crippen LogP contribution in [0.15, 0.2) is 0 Å². The van der Waals surface area contributed by atoms with E-state index in [9.17, 15) is 0 Å². The second-order valence-electron chi connectivity index (χ2n) is 7.48. The molecule has 1 aliphatic heterocycles. The molecule has 1 fully saturated rings. The van der Waals surface area contributed by atoms with Gasteiger partial charge in [-0.1, -0.05) is 65.2 Å². The number of nitrogens with zero attached hydrogens (tertiary/aromatic N) is 1. The van der Waals surface area contributed by atoms with E-state index < -0.39 is 0 Å². The molecule has 126 valence electrons. The van der Waals surface area contributed by atoms with Crippen LogP contribution < -0.4 is 0 Å². The van der Waals surface area contributed by atoms with Crippen molar-refractivity contribution in [2.24, 2.45) is 0 Å². The number of rotatable bonds is 14. The van der Waals surface area contributed by atoms with Crippen LogP contribution in [0, 0.1) is 0 Å². The predicted octanol–water partition coefficient (Wildman–Crippen LogP) is 6.32. The Morgan fingerprint density at radius 1 is 0.524 bits per heavy atom. The highest BCUT2D eigenvalue weighted by atomic mass is 15.4. The van der Waals surface area contributed by atoms with Crippen LogP contribution >= 0.6 is 0 Å². The molecule has 1 heterocycles. The Morgan fingerprint density at radius 2 is 0.905 bits per heavy atom. The van der Waals surface area contributed by atoms with Gasteiger partial charge in [0.15, 0.2) is 0 Å². The molecule has 0 aromatic heterocycles. The van der Waals surface area contributed by atoms with E-state index in [0.717, 1.165) is 0 Å². The molecule has 0 unspecified atom stereocenters. The fourth-order valence-corrected chi connectivity index (χ4v) is 4.02. The van der Waals surface area contributed by atoms with E-state index in [1.54, 1.807) is 0 Å². The van der Waals surface area contributed by atoms with Gasteiger partial charge in [-0.15, -0.1) is 0 Å². The first kappa shape index (κ1) is 19.0. The number of hydrogen-bond donors (Lipinski definition) is 0. The second-order valence-corrected chi connectivity index (χ2v) is 7.48. The van der Waals surface area contributed by atoms with Crippen molar-refractivity contribution in [1.29, 1.82) is 0 Å². The highest BCUT2D eigenvalue weighted by Crippen LogP contribution is 2.22. The zero-order chi connectivity index (χ0) is 15.2. The van der Waals surface area contributed by atoms with E-state index in [0.29, 0.717) is 0 Å². The zero-order valence-electron chi connectivity index (χ0n) is 15.2. The molecular formula is C20H42N+. The van der Waals surface area contributed by atoms with Crippen molar-refractivity contribution in [3.63, 3.8) is 0 Å². The highest BCUT2D eigenvalue weighted by molar-refractivity contribution is 4.57. The van der Waals surface area contributed by atoms with Crippen LogP contribution in [-0.4, -0.2) is 30.7 Å². The first-order chi connectivity index (χ1) is 10.3. The lowest BCUT2D eigenvalue weighted by atomic mass is 10.1. The van der Waals surface area contributed by atoms with E-state index in [1.807, 2.05) is 0 Å². The summed E-state index contributed by atoms with van der Waals surface area (Å²) in [7, 11) is 0. The summed E-state index contributed by atoms with van der Waals surface area (Å²) in [5.74, 6) is 0. The number of hydrogen-bond acceptors (Lipinski definition) is 0. The minimum atomic E-state index is 1.37. The minimum Gasteiger partial charge on any atom is -0.324 e. The standard InChI is InChI=1S/C20H42N/c1-3-5-7-8-9-10-11-12-14-18-21(17-13-6-4-2)19-15-16-20-21/h3-20H2,1-2H3/q+1. The van der Waals surface area contributed by atoms with Crippen molar-refractivity contribution >= 4 is 0 Å². The van der Waals surface area contributed by atoms with Gasteiger partial charge in [0.25, 0.3) is 0 Å². The first-order valence-corrected chi connectivity index (χ1v) is 10.2. The highest BCUT2D eigenvalue weighted by Gasteiger charge is 2.30. The van der Waals surface area contributed by atoms with Gasteiger partial charge in [-0.3, -0.25) is 0 Å². The summed E-state index contributed by atoms with van der Waals surface area (Å²) < 4.78 is 1.48. The summed E-state index contributed by atoms with van der Waals surface area (Å²) in [5.41, 5.74) is 0. The molecule has 0 saturated carbocycles. The van der Waals surface area contributed by atoms with Crippen molar-refractivity contribution in [2.45, 2.75) is 104 Å². The topological polar surface area (TPSA) is 0 Å². The maximum Gasteiger partial charge on any atom is 0.0788 e. The Bertz CT molecular complexity index is 218. The molecule has 0 aromatic rings. The maximum atomic E-state index is 2.33. The summed E-state index contributed by atoms with van der Waals surface area (Å²) >= 11 is 0. The summed E-state index contributed by atoms with van der Waals surface area (Å²) in [6.45, 7) is 10.6. The summed E-state index contributed by atoms with van der Waals surface area (Å²) in [6.07, 6.45) is 20.4. The molecule has 1 nitrogen and oxygen atoms in total. The molecule has 0 radical (unpaired) electrons. The Hall–Kier alpha value is -0.0400. The van der Waals surface area contributed by atoms with Crippen LogP contribution in [0.5, 0.6) is 0 Å². The van der Waals surface area contributed by atoms with E-state index in [2.05, 4.69) is 13.8 Å². The van der Waals surface area contributed by atoms with Crippen LogP contribution in [0.4, 0.5) is 0 Å². The molecule has 0 aliphatic carbocycles. The van der Waals surface area contributed by atoms with Crippen molar-refractivity contribution in [3.8, 4) is 0 Å². The maximum absolute atomic E-state index is 2.33. The Labute approximate surface area is 135 Å². The third kappa shape index (κ3) is 8.86. The molecule has 0 spiro atoms. The number of likely N-dealkylation sites (tertiary alicyclic amines) is 1. The molecule has 0 aromatic carbocycles. The van der Waals surface area contributed by atoms with Crippen molar-refractivity contribution in [3.05, 3.63) is 0 Å². The average molecular weight is 297 g/mol. The summed E-state index contributed by atoms with van der Waals surface area (Å²) in [6, 6.07) is 0. The third-order valence-corrected chi connectivity index (χ3v) is 5.49. The number of unbranched alkanes of at least 4 members (excludes halogenated alkanes) is 10. The quantitative estimate of drug-likeness (QED) is 0.260. The first-order valence-electron chi connectivity index (χ1n) is 10.2. The molecule has 0 bridgehead atoms. The lowest BCUT2D eigenvalue weighted by molar-refractivity contribution is -0.917. The molecule has 21 heavy (non-hydrogen) atoms. The van der Waals surface area contributed by atoms with Crippen LogP contribution in [0.3, 0.4) is 0 Å². The van der Waals surface area contributed by atoms with Crippen molar-refractivity contribution in [1.82, 2.24) is 0 Å². The SMILES string of the molecule is CCCCCCCCCCC[N+]1(CCCCC)CCCC1. The van der Waals surface area contributed by atoms with Gasteiger partial charge in [-0.2, -0.15) is 0 Å². The third-order valence-electron chi connectivity index (χ3n) is 5.49. The normalized spacial score (nSPS) is 17.4. The van der Waals surface area contributed by atoms with Gasteiger partial charge in [-0.25, -0.2) is 0 Å². The molecule has 1 aliphatic rings. The molecule has 1 saturated heterocycles. The Balaban J connectivity index is 2.00. The van der Waals surface area contributed by atoms with Crippen LogP contribution in [-0.2, 0) is 0 Å². The minimum absolute atomic E-state index is 1.37. The van der Waals surface area contributed by atoms with Gasteiger partial charge in [0, 0.05) is 12.8 Å². The van der Waals surface area contributed by atoms with Gasteiger partial charge < -0.3 is 4.48 Å². The molecule has 0 N–H and O–H groups in total.